The number of hydrogen-bond acceptors (Lipinski definition) is 4. The lowest BCUT2D eigenvalue weighted by Crippen LogP contribution is -2.28. The minimum absolute atomic E-state index is 0.147. The SMILES string of the molecule is O=C(NCc1cnc(C(F)(F)F)nc1)Nc1c(Cl)cc([C@@H](O)C(F)(F)F)cc1Cl. The molecule has 1 heterocycles. The normalized spacial score (nSPS) is 13.1. The average Bonchev–Trinajstić information content (AvgIpc) is 2.61. The lowest BCUT2D eigenvalue weighted by atomic mass is 10.1. The van der Waals surface area contributed by atoms with Crippen LogP contribution in [-0.4, -0.2) is 27.3 Å². The molecule has 0 aliphatic rings. The predicted molar refractivity (Wildman–Crippen MR) is 90.4 cm³/mol. The zero-order valence-electron chi connectivity index (χ0n) is 13.9. The van der Waals surface area contributed by atoms with Crippen molar-refractivity contribution in [2.45, 2.75) is 25.0 Å². The van der Waals surface area contributed by atoms with E-state index in [1.54, 1.807) is 0 Å². The Balaban J connectivity index is 2.04. The van der Waals surface area contributed by atoms with Crippen LogP contribution in [0, 0.1) is 0 Å². The largest absolute Gasteiger partial charge is 0.451 e. The Hall–Kier alpha value is -2.31. The van der Waals surface area contributed by atoms with Crippen LogP contribution in [0.2, 0.25) is 10.0 Å². The molecule has 1 aromatic carbocycles. The number of rotatable bonds is 4. The number of halogens is 8. The number of hydrogen-bond donors (Lipinski definition) is 3. The van der Waals surface area contributed by atoms with Gasteiger partial charge in [-0.05, 0) is 17.7 Å². The molecule has 0 fully saturated rings. The highest BCUT2D eigenvalue weighted by molar-refractivity contribution is 6.39. The molecule has 1 aromatic heterocycles. The minimum atomic E-state index is -4.94. The van der Waals surface area contributed by atoms with Gasteiger partial charge in [0, 0.05) is 24.5 Å². The van der Waals surface area contributed by atoms with E-state index in [1.165, 1.54) is 0 Å². The fourth-order valence-corrected chi connectivity index (χ4v) is 2.59. The van der Waals surface area contributed by atoms with Gasteiger partial charge < -0.3 is 15.7 Å². The number of nitrogens with one attached hydrogen (secondary N) is 2. The van der Waals surface area contributed by atoms with Gasteiger partial charge in [-0.2, -0.15) is 26.3 Å². The fourth-order valence-electron chi connectivity index (χ4n) is 1.99. The molecule has 0 aliphatic carbocycles. The molecule has 0 aliphatic heterocycles. The maximum atomic E-state index is 12.6. The molecular weight excluding hydrogens is 453 g/mol. The summed E-state index contributed by atoms with van der Waals surface area (Å²) in [7, 11) is 0. The summed E-state index contributed by atoms with van der Waals surface area (Å²) in [4.78, 5) is 18.1. The molecule has 2 rings (SSSR count). The summed E-state index contributed by atoms with van der Waals surface area (Å²) in [5.74, 6) is -1.34. The van der Waals surface area contributed by atoms with E-state index in [4.69, 9.17) is 23.2 Å². The molecule has 29 heavy (non-hydrogen) atoms. The van der Waals surface area contributed by atoms with Gasteiger partial charge in [0.1, 0.15) is 0 Å². The van der Waals surface area contributed by atoms with Crippen molar-refractivity contribution in [2.24, 2.45) is 0 Å². The second-order valence-electron chi connectivity index (χ2n) is 5.52. The van der Waals surface area contributed by atoms with Crippen LogP contribution in [0.15, 0.2) is 24.5 Å². The highest BCUT2D eigenvalue weighted by Gasteiger charge is 2.40. The minimum Gasteiger partial charge on any atom is -0.379 e. The number of urea groups is 1. The van der Waals surface area contributed by atoms with Crippen molar-refractivity contribution in [3.05, 3.63) is 51.5 Å². The molecule has 2 aromatic rings. The zero-order valence-corrected chi connectivity index (χ0v) is 15.4. The number of benzene rings is 1. The first-order chi connectivity index (χ1) is 13.3. The van der Waals surface area contributed by atoms with Gasteiger partial charge in [-0.1, -0.05) is 23.2 Å². The molecule has 0 unspecified atom stereocenters. The lowest BCUT2D eigenvalue weighted by molar-refractivity contribution is -0.206. The van der Waals surface area contributed by atoms with Crippen molar-refractivity contribution in [1.29, 1.82) is 0 Å². The third-order valence-electron chi connectivity index (χ3n) is 3.34. The molecule has 0 radical (unpaired) electrons. The highest BCUT2D eigenvalue weighted by atomic mass is 35.5. The molecule has 0 saturated carbocycles. The van der Waals surface area contributed by atoms with Crippen LogP contribution < -0.4 is 10.6 Å². The van der Waals surface area contributed by atoms with Crippen molar-refractivity contribution < 1.29 is 36.2 Å². The molecular formula is C15H10Cl2F6N4O2. The van der Waals surface area contributed by atoms with Crippen molar-refractivity contribution in [2.75, 3.05) is 5.32 Å². The molecule has 0 saturated heterocycles. The quantitative estimate of drug-likeness (QED) is 0.573. The number of aliphatic hydroxyl groups is 1. The molecule has 0 spiro atoms. The average molecular weight is 463 g/mol. The zero-order chi connectivity index (χ0) is 22.0. The van der Waals surface area contributed by atoms with Crippen LogP contribution >= 0.6 is 23.2 Å². The van der Waals surface area contributed by atoms with Gasteiger partial charge in [0.2, 0.25) is 5.82 Å². The second-order valence-corrected chi connectivity index (χ2v) is 6.34. The van der Waals surface area contributed by atoms with E-state index < -0.39 is 35.9 Å². The van der Waals surface area contributed by atoms with E-state index in [9.17, 15) is 36.2 Å². The standard InChI is InChI=1S/C15H10Cl2F6N4O2/c16-8-1-7(11(28)14(18,19)20)2-9(17)10(8)27-13(29)26-5-6-3-24-12(25-4-6)15(21,22)23/h1-4,11,28H,5H2,(H2,26,27,29)/t11-/m1/s1. The molecule has 6 nitrogen and oxygen atoms in total. The van der Waals surface area contributed by atoms with Crippen LogP contribution in [0.3, 0.4) is 0 Å². The van der Waals surface area contributed by atoms with Crippen LogP contribution in [-0.2, 0) is 12.7 Å². The Bertz CT molecular complexity index is 867. The van der Waals surface area contributed by atoms with Crippen molar-refractivity contribution >= 4 is 34.9 Å². The van der Waals surface area contributed by atoms with E-state index in [0.717, 1.165) is 24.5 Å². The summed E-state index contributed by atoms with van der Waals surface area (Å²) < 4.78 is 74.9. The van der Waals surface area contributed by atoms with Crippen molar-refractivity contribution in [3.63, 3.8) is 0 Å². The van der Waals surface area contributed by atoms with Gasteiger partial charge in [0.05, 0.1) is 15.7 Å². The predicted octanol–water partition coefficient (Wildman–Crippen LogP) is 4.72. The van der Waals surface area contributed by atoms with Crippen LogP contribution in [0.25, 0.3) is 0 Å². The topological polar surface area (TPSA) is 87.1 Å². The Morgan fingerprint density at radius 3 is 2.03 bits per heavy atom. The lowest BCUT2D eigenvalue weighted by Gasteiger charge is -2.17. The number of amides is 2. The Labute approximate surface area is 168 Å². The Morgan fingerprint density at radius 1 is 1.07 bits per heavy atom. The van der Waals surface area contributed by atoms with Gasteiger partial charge in [0.15, 0.2) is 6.10 Å². The number of carbonyl (C=O) groups is 1. The van der Waals surface area contributed by atoms with Crippen molar-refractivity contribution in [3.8, 4) is 0 Å². The smallest absolute Gasteiger partial charge is 0.379 e. The molecule has 0 bridgehead atoms. The first kappa shape index (κ1) is 23.0. The van der Waals surface area contributed by atoms with E-state index in [-0.39, 0.29) is 27.8 Å². The number of nitrogens with zero attached hydrogens (tertiary/aromatic N) is 2. The highest BCUT2D eigenvalue weighted by Crippen LogP contribution is 2.38. The van der Waals surface area contributed by atoms with Gasteiger partial charge >= 0.3 is 18.4 Å². The van der Waals surface area contributed by atoms with E-state index >= 15 is 0 Å². The van der Waals surface area contributed by atoms with Gasteiger partial charge in [0.25, 0.3) is 0 Å². The van der Waals surface area contributed by atoms with E-state index in [0.29, 0.717) is 0 Å². The summed E-state index contributed by atoms with van der Waals surface area (Å²) in [5, 5.41) is 12.9. The van der Waals surface area contributed by atoms with Gasteiger partial charge in [-0.15, -0.1) is 0 Å². The maximum absolute atomic E-state index is 12.6. The maximum Gasteiger partial charge on any atom is 0.451 e. The van der Waals surface area contributed by atoms with E-state index in [1.807, 2.05) is 0 Å². The summed E-state index contributed by atoms with van der Waals surface area (Å²) in [6, 6.07) is 0.660. The molecule has 1 atom stereocenters. The fraction of sp³-hybridized carbons (Fsp3) is 0.267. The van der Waals surface area contributed by atoms with Crippen LogP contribution in [0.5, 0.6) is 0 Å². The summed E-state index contributed by atoms with van der Waals surface area (Å²) in [6.07, 6.45) is -10.7. The van der Waals surface area contributed by atoms with Crippen molar-refractivity contribution in [1.82, 2.24) is 15.3 Å². The van der Waals surface area contributed by atoms with Crippen LogP contribution in [0.4, 0.5) is 36.8 Å². The first-order valence-electron chi connectivity index (χ1n) is 7.45. The third kappa shape index (κ3) is 6.08. The molecule has 2 amide bonds. The Kier molecular flexibility index (Phi) is 6.81. The number of anilines is 1. The van der Waals surface area contributed by atoms with Gasteiger partial charge in [-0.3, -0.25) is 0 Å². The van der Waals surface area contributed by atoms with Gasteiger partial charge in [-0.25, -0.2) is 14.8 Å². The molecule has 14 heteroatoms. The summed E-state index contributed by atoms with van der Waals surface area (Å²) in [5.41, 5.74) is -0.707. The third-order valence-corrected chi connectivity index (χ3v) is 3.94. The summed E-state index contributed by atoms with van der Waals surface area (Å²) in [6.45, 7) is -0.260. The first-order valence-corrected chi connectivity index (χ1v) is 8.21. The Morgan fingerprint density at radius 2 is 1.59 bits per heavy atom. The second kappa shape index (κ2) is 8.59. The molecule has 158 valence electrons. The summed E-state index contributed by atoms with van der Waals surface area (Å²) >= 11 is 11.6. The molecule has 3 N–H and O–H groups in total. The van der Waals surface area contributed by atoms with Crippen LogP contribution in [0.1, 0.15) is 23.1 Å². The number of aliphatic hydroxyl groups excluding tert-OH is 1. The number of alkyl halides is 6. The number of carbonyl (C=O) groups excluding carboxylic acids is 1. The monoisotopic (exact) mass is 462 g/mol. The van der Waals surface area contributed by atoms with E-state index in [2.05, 4.69) is 20.6 Å². The number of aromatic nitrogens is 2.